The molecule has 2 aliphatic carbocycles. The van der Waals surface area contributed by atoms with Crippen LogP contribution in [0.25, 0.3) is 11.1 Å². The van der Waals surface area contributed by atoms with E-state index in [1.54, 1.807) is 27.4 Å². The Kier molecular flexibility index (Phi) is 16.9. The maximum absolute atomic E-state index is 3.90. The van der Waals surface area contributed by atoms with Crippen LogP contribution < -0.4 is 24.8 Å². The van der Waals surface area contributed by atoms with Crippen molar-refractivity contribution < 1.29 is 49.0 Å². The molecule has 3 heteroatoms. The van der Waals surface area contributed by atoms with Crippen LogP contribution in [0.1, 0.15) is 147 Å². The van der Waals surface area contributed by atoms with E-state index < -0.39 is 0 Å². The molecule has 0 amide bonds. The molecule has 0 spiro atoms. The zero-order chi connectivity index (χ0) is 36.9. The van der Waals surface area contributed by atoms with Crippen molar-refractivity contribution in [3.05, 3.63) is 142 Å². The first-order chi connectivity index (χ1) is 23.2. The van der Waals surface area contributed by atoms with Gasteiger partial charge in [0.25, 0.3) is 0 Å². The first-order valence-corrected chi connectivity index (χ1v) is 20.0. The molecule has 0 N–H and O–H groups in total. The zero-order valence-corrected chi connectivity index (χ0v) is 38.1. The van der Waals surface area contributed by atoms with E-state index in [-0.39, 0.29) is 46.5 Å². The van der Waals surface area contributed by atoms with Crippen LogP contribution in [0.4, 0.5) is 0 Å². The van der Waals surface area contributed by atoms with Crippen molar-refractivity contribution in [3.63, 3.8) is 0 Å². The number of allylic oxidation sites excluding steroid dienone is 2. The SMILES string of the molecule is CC(C)(C)c1[c-]c2c(cc1C(C)(C)C)-c1cc(C(C)(C)C)c(C(C)(C)C)cc1C2.[C-]1=CCCC1.[Cl-].[Cl-].[Zr+2]=[C](Cc1ccccc1)Cc1ccccc1. The normalized spacial score (nSPS) is 13.3. The molecule has 4 aromatic carbocycles. The maximum atomic E-state index is 3.90. The van der Waals surface area contributed by atoms with Crippen molar-refractivity contribution >= 4 is 3.21 Å². The van der Waals surface area contributed by atoms with Crippen LogP contribution in [0.5, 0.6) is 0 Å². The third kappa shape index (κ3) is 12.8. The van der Waals surface area contributed by atoms with E-state index in [1.165, 1.54) is 74.9 Å². The average molecular weight is 813 g/mol. The zero-order valence-electron chi connectivity index (χ0n) is 34.1. The minimum absolute atomic E-state index is 0. The summed E-state index contributed by atoms with van der Waals surface area (Å²) in [6.07, 6.45) is 12.2. The third-order valence-electron chi connectivity index (χ3n) is 9.57. The van der Waals surface area contributed by atoms with Gasteiger partial charge in [-0.3, -0.25) is 6.08 Å². The molecule has 0 heterocycles. The van der Waals surface area contributed by atoms with E-state index in [0.29, 0.717) is 0 Å². The van der Waals surface area contributed by atoms with E-state index in [9.17, 15) is 0 Å². The summed E-state index contributed by atoms with van der Waals surface area (Å²) in [6.45, 7) is 28.0. The summed E-state index contributed by atoms with van der Waals surface area (Å²) >= 11 is 1.55. The van der Waals surface area contributed by atoms with Crippen LogP contribution in [-0.4, -0.2) is 3.21 Å². The van der Waals surface area contributed by atoms with Gasteiger partial charge in [0.05, 0.1) is 0 Å². The van der Waals surface area contributed by atoms with Gasteiger partial charge in [0.2, 0.25) is 0 Å². The molecule has 0 atom stereocenters. The summed E-state index contributed by atoms with van der Waals surface area (Å²) in [5.41, 5.74) is 14.8. The molecular weight excluding hydrogens is 751 g/mol. The molecule has 0 radical (unpaired) electrons. The van der Waals surface area contributed by atoms with Gasteiger partial charge in [-0.25, -0.2) is 0 Å². The van der Waals surface area contributed by atoms with E-state index in [0.717, 1.165) is 19.3 Å². The molecule has 0 aromatic heterocycles. The molecule has 6 rings (SSSR count). The van der Waals surface area contributed by atoms with Gasteiger partial charge in [0, 0.05) is 0 Å². The van der Waals surface area contributed by atoms with Crippen molar-refractivity contribution in [2.45, 2.75) is 143 Å². The summed E-state index contributed by atoms with van der Waals surface area (Å²) < 4.78 is 1.60. The number of benzene rings is 4. The predicted molar refractivity (Wildman–Crippen MR) is 215 cm³/mol. The summed E-state index contributed by atoms with van der Waals surface area (Å²) in [7, 11) is 0. The van der Waals surface area contributed by atoms with Crippen molar-refractivity contribution in [1.82, 2.24) is 0 Å². The Balaban J connectivity index is 0.000000340. The Labute approximate surface area is 345 Å². The average Bonchev–Trinajstić information content (AvgIpc) is 3.71. The summed E-state index contributed by atoms with van der Waals surface area (Å²) in [5, 5.41) is 0. The fraction of sp³-hybridized carbons (Fsp3) is 0.449. The fourth-order valence-electron chi connectivity index (χ4n) is 6.88. The van der Waals surface area contributed by atoms with Crippen LogP contribution in [0.15, 0.2) is 84.9 Å². The fourth-order valence-corrected chi connectivity index (χ4v) is 7.89. The standard InChI is InChI=1S/C29H41.C15H14.C5H7.2ClH.Zr/c1-26(2,3)22-14-18-13-19-15-23(27(4,5)6)25(29(10,11)12)17-21(19)20(18)16-24(22)28(7,8)9;1-3-8-14(9-4-1)12-7-13-15-10-5-2-6-11-15;1-2-4-5-3-1;;;/h14,16-17H,13H2,1-12H3;1-6,8-11H,12-13H2;1H,2,4-5H2;2*1H;/q-1;;-1;;;+2/p-2. The van der Waals surface area contributed by atoms with Gasteiger partial charge in [-0.15, -0.1) is 16.7 Å². The Morgan fingerprint density at radius 2 is 1.06 bits per heavy atom. The first-order valence-electron chi connectivity index (χ1n) is 18.7. The molecule has 0 aliphatic heterocycles. The van der Waals surface area contributed by atoms with E-state index >= 15 is 0 Å². The third-order valence-corrected chi connectivity index (χ3v) is 10.4. The van der Waals surface area contributed by atoms with Crippen molar-refractivity contribution in [2.24, 2.45) is 0 Å². The Hall–Kier alpha value is -2.05. The predicted octanol–water partition coefficient (Wildman–Crippen LogP) is 6.98. The molecule has 0 fully saturated rings. The second-order valence-electron chi connectivity index (χ2n) is 18.4. The van der Waals surface area contributed by atoms with E-state index in [2.05, 4.69) is 180 Å². The molecule has 52 heavy (non-hydrogen) atoms. The van der Waals surface area contributed by atoms with Crippen LogP contribution in [0.2, 0.25) is 0 Å². The van der Waals surface area contributed by atoms with Crippen molar-refractivity contribution in [2.75, 3.05) is 0 Å². The van der Waals surface area contributed by atoms with Crippen LogP contribution in [0.3, 0.4) is 0 Å². The van der Waals surface area contributed by atoms with Crippen molar-refractivity contribution in [1.29, 1.82) is 0 Å². The quantitative estimate of drug-likeness (QED) is 0.172. The molecule has 2 aliphatic rings. The molecule has 0 saturated carbocycles. The van der Waals surface area contributed by atoms with Gasteiger partial charge in [-0.05, 0) is 39.4 Å². The number of rotatable bonds is 4. The van der Waals surface area contributed by atoms with Gasteiger partial charge in [-0.1, -0.05) is 119 Å². The monoisotopic (exact) mass is 810 g/mol. The summed E-state index contributed by atoms with van der Waals surface area (Å²) in [5.74, 6) is 0. The van der Waals surface area contributed by atoms with Gasteiger partial charge in [0.1, 0.15) is 0 Å². The molecule has 278 valence electrons. The van der Waals surface area contributed by atoms with Gasteiger partial charge < -0.3 is 30.9 Å². The van der Waals surface area contributed by atoms with E-state index in [1.807, 2.05) is 0 Å². The minimum atomic E-state index is 0. The second kappa shape index (κ2) is 19.0. The number of fused-ring (bicyclic) bond motifs is 3. The summed E-state index contributed by atoms with van der Waals surface area (Å²) in [6, 6.07) is 32.8. The van der Waals surface area contributed by atoms with Crippen molar-refractivity contribution in [3.8, 4) is 11.1 Å². The Morgan fingerprint density at radius 3 is 1.44 bits per heavy atom. The molecule has 0 bridgehead atoms. The molecule has 0 saturated heterocycles. The van der Waals surface area contributed by atoms with Gasteiger partial charge >= 0.3 is 112 Å². The van der Waals surface area contributed by atoms with Gasteiger partial charge in [-0.2, -0.15) is 24.1 Å². The topological polar surface area (TPSA) is 0 Å². The molecule has 0 unspecified atom stereocenters. The number of hydrogen-bond donors (Lipinski definition) is 0. The summed E-state index contributed by atoms with van der Waals surface area (Å²) in [4.78, 5) is 0. The van der Waals surface area contributed by atoms with Gasteiger partial charge in [0.15, 0.2) is 0 Å². The van der Waals surface area contributed by atoms with Crippen LogP contribution in [-0.2, 0) is 65.2 Å². The second-order valence-corrected chi connectivity index (χ2v) is 20.1. The number of hydrogen-bond acceptors (Lipinski definition) is 0. The number of halogens is 2. The Morgan fingerprint density at radius 1 is 0.596 bits per heavy atom. The molecule has 0 nitrogen and oxygen atoms in total. The molecular formula is C49H62Cl2Zr-2. The van der Waals surface area contributed by atoms with E-state index in [4.69, 9.17) is 0 Å². The molecule has 4 aromatic rings. The van der Waals surface area contributed by atoms with Crippen LogP contribution >= 0.6 is 0 Å². The van der Waals surface area contributed by atoms with Crippen LogP contribution in [0, 0.1) is 12.1 Å². The first kappa shape index (κ1) is 46.1. The Bertz CT molecular complexity index is 1640.